The van der Waals surface area contributed by atoms with Gasteiger partial charge in [0.2, 0.25) is 5.91 Å². The summed E-state index contributed by atoms with van der Waals surface area (Å²) < 4.78 is 40.5. The molecule has 0 saturated heterocycles. The highest BCUT2D eigenvalue weighted by Gasteiger charge is 2.30. The molecule has 0 aliphatic rings. The maximum Gasteiger partial charge on any atom is 0.416 e. The van der Waals surface area contributed by atoms with Crippen molar-refractivity contribution >= 4 is 35.0 Å². The Kier molecular flexibility index (Phi) is 7.16. The first-order valence-corrected chi connectivity index (χ1v) is 11.2. The molecule has 35 heavy (non-hydrogen) atoms. The van der Waals surface area contributed by atoms with Gasteiger partial charge in [-0.05, 0) is 48.5 Å². The SMILES string of the molecule is O=C(CSc1nncn1-c1ccccc1)Nc1cccc(C(=O)Nc2cccc(C(F)(F)F)c2)c1. The minimum atomic E-state index is -4.52. The van der Waals surface area contributed by atoms with Gasteiger partial charge >= 0.3 is 6.18 Å². The molecule has 178 valence electrons. The normalized spacial score (nSPS) is 11.2. The Morgan fingerprint density at radius 1 is 0.886 bits per heavy atom. The van der Waals surface area contributed by atoms with Crippen molar-refractivity contribution in [3.05, 3.63) is 96.3 Å². The lowest BCUT2D eigenvalue weighted by atomic mass is 10.1. The minimum absolute atomic E-state index is 0.0122. The summed E-state index contributed by atoms with van der Waals surface area (Å²) in [4.78, 5) is 25.0. The number of aromatic nitrogens is 3. The number of anilines is 2. The van der Waals surface area contributed by atoms with E-state index in [1.165, 1.54) is 36.0 Å². The van der Waals surface area contributed by atoms with E-state index in [1.54, 1.807) is 23.0 Å². The van der Waals surface area contributed by atoms with Crippen LogP contribution in [0.25, 0.3) is 5.69 Å². The summed E-state index contributed by atoms with van der Waals surface area (Å²) in [5.74, 6) is -0.884. The van der Waals surface area contributed by atoms with Crippen LogP contribution in [0.3, 0.4) is 0 Å². The lowest BCUT2D eigenvalue weighted by Gasteiger charge is -2.11. The van der Waals surface area contributed by atoms with Gasteiger partial charge in [-0.15, -0.1) is 10.2 Å². The van der Waals surface area contributed by atoms with Crippen LogP contribution in [0.15, 0.2) is 90.3 Å². The Labute approximate surface area is 202 Å². The van der Waals surface area contributed by atoms with Crippen molar-refractivity contribution in [2.45, 2.75) is 11.3 Å². The molecule has 0 fully saturated rings. The van der Waals surface area contributed by atoms with Gasteiger partial charge in [0.05, 0.1) is 11.3 Å². The molecule has 0 saturated carbocycles. The number of alkyl halides is 3. The molecule has 4 aromatic rings. The van der Waals surface area contributed by atoms with Crippen LogP contribution in [0.1, 0.15) is 15.9 Å². The number of amides is 2. The summed E-state index contributed by atoms with van der Waals surface area (Å²) in [5.41, 5.74) is 0.559. The van der Waals surface area contributed by atoms with E-state index in [4.69, 9.17) is 0 Å². The molecule has 0 aliphatic carbocycles. The number of nitrogens with zero attached hydrogens (tertiary/aromatic N) is 3. The highest BCUT2D eigenvalue weighted by Crippen LogP contribution is 2.30. The third kappa shape index (κ3) is 6.27. The number of hydrogen-bond acceptors (Lipinski definition) is 5. The zero-order chi connectivity index (χ0) is 24.8. The predicted octanol–water partition coefficient (Wildman–Crippen LogP) is 5.27. The smallest absolute Gasteiger partial charge is 0.325 e. The van der Waals surface area contributed by atoms with Crippen LogP contribution in [0.5, 0.6) is 0 Å². The van der Waals surface area contributed by atoms with Crippen molar-refractivity contribution in [3.8, 4) is 5.69 Å². The number of hydrogen-bond donors (Lipinski definition) is 2. The van der Waals surface area contributed by atoms with Gasteiger partial charge in [-0.3, -0.25) is 14.2 Å². The van der Waals surface area contributed by atoms with Crippen molar-refractivity contribution in [3.63, 3.8) is 0 Å². The van der Waals surface area contributed by atoms with Crippen molar-refractivity contribution in [1.29, 1.82) is 0 Å². The summed E-state index contributed by atoms with van der Waals surface area (Å²) >= 11 is 1.20. The van der Waals surface area contributed by atoms with Gasteiger partial charge in [-0.2, -0.15) is 13.2 Å². The van der Waals surface area contributed by atoms with Crippen LogP contribution < -0.4 is 10.6 Å². The van der Waals surface area contributed by atoms with Crippen LogP contribution in [-0.2, 0) is 11.0 Å². The molecule has 1 aromatic heterocycles. The van der Waals surface area contributed by atoms with Crippen molar-refractivity contribution in [2.24, 2.45) is 0 Å². The standard InChI is InChI=1S/C24H18F3N5O2S/c25-24(26,27)17-7-5-9-19(13-17)30-22(34)16-6-4-8-18(12-16)29-21(33)14-35-23-31-28-15-32(23)20-10-2-1-3-11-20/h1-13,15H,14H2,(H,29,33)(H,30,34). The quantitative estimate of drug-likeness (QED) is 0.340. The van der Waals surface area contributed by atoms with Gasteiger partial charge in [0.1, 0.15) is 6.33 Å². The van der Waals surface area contributed by atoms with E-state index in [-0.39, 0.29) is 22.9 Å². The van der Waals surface area contributed by atoms with Gasteiger partial charge in [0, 0.05) is 22.6 Å². The summed E-state index contributed by atoms with van der Waals surface area (Å²) in [7, 11) is 0. The summed E-state index contributed by atoms with van der Waals surface area (Å²) in [6, 6.07) is 19.9. The van der Waals surface area contributed by atoms with E-state index < -0.39 is 17.6 Å². The van der Waals surface area contributed by atoms with E-state index in [2.05, 4.69) is 20.8 Å². The number of rotatable bonds is 7. The number of para-hydroxylation sites is 1. The Morgan fingerprint density at radius 2 is 1.60 bits per heavy atom. The number of halogens is 3. The molecule has 0 spiro atoms. The fourth-order valence-corrected chi connectivity index (χ4v) is 3.86. The Balaban J connectivity index is 1.37. The Bertz CT molecular complexity index is 1340. The highest BCUT2D eigenvalue weighted by atomic mass is 32.2. The van der Waals surface area contributed by atoms with E-state index >= 15 is 0 Å². The second-order valence-corrected chi connectivity index (χ2v) is 8.21. The number of thioether (sulfide) groups is 1. The highest BCUT2D eigenvalue weighted by molar-refractivity contribution is 7.99. The first-order chi connectivity index (χ1) is 16.8. The predicted molar refractivity (Wildman–Crippen MR) is 127 cm³/mol. The number of carbonyl (C=O) groups excluding carboxylic acids is 2. The molecule has 3 aromatic carbocycles. The summed E-state index contributed by atoms with van der Waals surface area (Å²) in [6.07, 6.45) is -2.96. The molecule has 0 atom stereocenters. The topological polar surface area (TPSA) is 88.9 Å². The third-order valence-corrected chi connectivity index (χ3v) is 5.68. The molecule has 0 bridgehead atoms. The maximum atomic E-state index is 12.9. The summed E-state index contributed by atoms with van der Waals surface area (Å²) in [5, 5.41) is 13.6. The average molecular weight is 498 g/mol. The summed E-state index contributed by atoms with van der Waals surface area (Å²) in [6.45, 7) is 0. The van der Waals surface area contributed by atoms with E-state index in [0.29, 0.717) is 10.8 Å². The molecule has 0 aliphatic heterocycles. The second kappa shape index (κ2) is 10.4. The lowest BCUT2D eigenvalue weighted by molar-refractivity contribution is -0.137. The number of carbonyl (C=O) groups is 2. The Morgan fingerprint density at radius 3 is 2.34 bits per heavy atom. The van der Waals surface area contributed by atoms with Gasteiger partial charge in [-0.25, -0.2) is 0 Å². The van der Waals surface area contributed by atoms with Crippen LogP contribution in [0.2, 0.25) is 0 Å². The first-order valence-electron chi connectivity index (χ1n) is 10.3. The van der Waals surface area contributed by atoms with Gasteiger partial charge < -0.3 is 10.6 Å². The number of benzene rings is 3. The fourth-order valence-electron chi connectivity index (χ4n) is 3.13. The first kappa shape index (κ1) is 24.0. The molecule has 11 heteroatoms. The third-order valence-electron chi connectivity index (χ3n) is 4.74. The zero-order valence-corrected chi connectivity index (χ0v) is 18.8. The molecule has 2 amide bonds. The molecular weight excluding hydrogens is 479 g/mol. The van der Waals surface area contributed by atoms with Gasteiger partial charge in [0.25, 0.3) is 5.91 Å². The van der Waals surface area contributed by atoms with Crippen LogP contribution in [0, 0.1) is 0 Å². The molecular formula is C24H18F3N5O2S. The molecule has 2 N–H and O–H groups in total. The molecule has 0 radical (unpaired) electrons. The van der Waals surface area contributed by atoms with Crippen molar-refractivity contribution < 1.29 is 22.8 Å². The number of nitrogens with one attached hydrogen (secondary N) is 2. The van der Waals surface area contributed by atoms with E-state index in [9.17, 15) is 22.8 Å². The molecule has 1 heterocycles. The van der Waals surface area contributed by atoms with E-state index in [1.807, 2.05) is 30.3 Å². The maximum absolute atomic E-state index is 12.9. The monoisotopic (exact) mass is 497 g/mol. The van der Waals surface area contributed by atoms with Crippen LogP contribution in [-0.4, -0.2) is 32.3 Å². The second-order valence-electron chi connectivity index (χ2n) is 7.27. The van der Waals surface area contributed by atoms with Crippen LogP contribution >= 0.6 is 11.8 Å². The largest absolute Gasteiger partial charge is 0.416 e. The zero-order valence-electron chi connectivity index (χ0n) is 18.0. The van der Waals surface area contributed by atoms with Gasteiger partial charge in [-0.1, -0.05) is 42.1 Å². The minimum Gasteiger partial charge on any atom is -0.325 e. The van der Waals surface area contributed by atoms with E-state index in [0.717, 1.165) is 17.8 Å². The molecule has 0 unspecified atom stereocenters. The van der Waals surface area contributed by atoms with Gasteiger partial charge in [0.15, 0.2) is 5.16 Å². The molecule has 4 rings (SSSR count). The van der Waals surface area contributed by atoms with Crippen molar-refractivity contribution in [1.82, 2.24) is 14.8 Å². The molecule has 7 nitrogen and oxygen atoms in total. The fraction of sp³-hybridized carbons (Fsp3) is 0.0833. The van der Waals surface area contributed by atoms with Crippen LogP contribution in [0.4, 0.5) is 24.5 Å². The Hall–Kier alpha value is -4.12. The average Bonchev–Trinajstić information content (AvgIpc) is 3.32. The van der Waals surface area contributed by atoms with Crippen molar-refractivity contribution in [2.75, 3.05) is 16.4 Å². The lowest BCUT2D eigenvalue weighted by Crippen LogP contribution is -2.16.